The molecular formula is C11H15N3O3. The van der Waals surface area contributed by atoms with E-state index in [1.807, 2.05) is 7.05 Å². The molecule has 1 aliphatic rings. The summed E-state index contributed by atoms with van der Waals surface area (Å²) < 4.78 is 1.51. The zero-order chi connectivity index (χ0) is 12.4. The number of hydrogen-bond acceptors (Lipinski definition) is 4. The number of rotatable bonds is 2. The van der Waals surface area contributed by atoms with Crippen LogP contribution in [0.4, 0.5) is 5.69 Å². The zero-order valence-corrected chi connectivity index (χ0v) is 9.70. The molecule has 0 atom stereocenters. The third-order valence-corrected chi connectivity index (χ3v) is 3.21. The molecule has 0 N–H and O–H groups in total. The second-order valence-corrected chi connectivity index (χ2v) is 4.42. The molecule has 1 aromatic rings. The van der Waals surface area contributed by atoms with Crippen molar-refractivity contribution in [3.05, 3.63) is 38.8 Å². The van der Waals surface area contributed by atoms with Gasteiger partial charge in [-0.05, 0) is 33.0 Å². The van der Waals surface area contributed by atoms with Crippen molar-refractivity contribution < 1.29 is 4.92 Å². The molecule has 0 aromatic carbocycles. The lowest BCUT2D eigenvalue weighted by Crippen LogP contribution is -2.35. The van der Waals surface area contributed by atoms with Crippen molar-refractivity contribution in [3.8, 4) is 0 Å². The van der Waals surface area contributed by atoms with E-state index in [2.05, 4.69) is 4.90 Å². The molecular weight excluding hydrogens is 222 g/mol. The predicted octanol–water partition coefficient (Wildman–Crippen LogP) is 1.02. The van der Waals surface area contributed by atoms with Gasteiger partial charge in [0.2, 0.25) is 0 Å². The molecule has 2 rings (SSSR count). The summed E-state index contributed by atoms with van der Waals surface area (Å²) in [6.45, 7) is 1.83. The van der Waals surface area contributed by atoms with Crippen molar-refractivity contribution in [1.82, 2.24) is 9.47 Å². The Kier molecular flexibility index (Phi) is 3.23. The molecule has 1 fully saturated rings. The minimum absolute atomic E-state index is 0.0245. The summed E-state index contributed by atoms with van der Waals surface area (Å²) in [6, 6.07) is 2.61. The number of nitro groups is 1. The van der Waals surface area contributed by atoms with Crippen LogP contribution in [0.2, 0.25) is 0 Å². The van der Waals surface area contributed by atoms with E-state index in [4.69, 9.17) is 0 Å². The number of nitrogens with zero attached hydrogens (tertiary/aromatic N) is 3. The normalized spacial score (nSPS) is 18.2. The molecule has 2 heterocycles. The van der Waals surface area contributed by atoms with Gasteiger partial charge < -0.3 is 9.47 Å². The minimum Gasteiger partial charge on any atom is -0.306 e. The van der Waals surface area contributed by atoms with Crippen LogP contribution in [-0.2, 0) is 0 Å². The number of hydrogen-bond donors (Lipinski definition) is 0. The quantitative estimate of drug-likeness (QED) is 0.569. The Morgan fingerprint density at radius 2 is 2.00 bits per heavy atom. The Morgan fingerprint density at radius 3 is 2.59 bits per heavy atom. The fraction of sp³-hybridized carbons (Fsp3) is 0.545. The van der Waals surface area contributed by atoms with Gasteiger partial charge in [-0.15, -0.1) is 0 Å². The molecule has 6 nitrogen and oxygen atoms in total. The Hall–Kier alpha value is -1.69. The maximum absolute atomic E-state index is 11.7. The van der Waals surface area contributed by atoms with E-state index in [9.17, 15) is 14.9 Å². The first kappa shape index (κ1) is 11.8. The van der Waals surface area contributed by atoms with E-state index in [1.54, 1.807) is 0 Å². The van der Waals surface area contributed by atoms with Gasteiger partial charge in [0.1, 0.15) is 0 Å². The molecule has 0 spiro atoms. The van der Waals surface area contributed by atoms with Crippen molar-refractivity contribution in [2.24, 2.45) is 0 Å². The summed E-state index contributed by atoms with van der Waals surface area (Å²) in [5, 5.41) is 10.7. The molecule has 17 heavy (non-hydrogen) atoms. The maximum atomic E-state index is 11.7. The number of piperidine rings is 1. The maximum Gasteiger partial charge on any atom is 0.285 e. The Morgan fingerprint density at radius 1 is 1.35 bits per heavy atom. The molecule has 1 aromatic heterocycles. The molecule has 0 radical (unpaired) electrons. The number of likely N-dealkylation sites (tertiary alicyclic amines) is 1. The van der Waals surface area contributed by atoms with Gasteiger partial charge in [0, 0.05) is 18.2 Å². The highest BCUT2D eigenvalue weighted by atomic mass is 16.6. The van der Waals surface area contributed by atoms with Crippen LogP contribution in [0.5, 0.6) is 0 Å². The summed E-state index contributed by atoms with van der Waals surface area (Å²) in [6.07, 6.45) is 3.08. The minimum atomic E-state index is -0.467. The first-order valence-electron chi connectivity index (χ1n) is 5.63. The Bertz CT molecular complexity index is 475. The molecule has 6 heteroatoms. The molecule has 0 aliphatic carbocycles. The molecule has 0 saturated carbocycles. The second kappa shape index (κ2) is 4.67. The second-order valence-electron chi connectivity index (χ2n) is 4.42. The van der Waals surface area contributed by atoms with Gasteiger partial charge in [-0.1, -0.05) is 0 Å². The van der Waals surface area contributed by atoms with Gasteiger partial charge in [-0.3, -0.25) is 14.9 Å². The van der Waals surface area contributed by atoms with Crippen LogP contribution < -0.4 is 5.56 Å². The lowest BCUT2D eigenvalue weighted by atomic mass is 10.1. The van der Waals surface area contributed by atoms with Crippen molar-refractivity contribution >= 4 is 5.69 Å². The van der Waals surface area contributed by atoms with Crippen LogP contribution in [0.25, 0.3) is 0 Å². The van der Waals surface area contributed by atoms with E-state index in [1.165, 1.54) is 22.9 Å². The van der Waals surface area contributed by atoms with E-state index < -0.39 is 4.92 Å². The van der Waals surface area contributed by atoms with Crippen LogP contribution >= 0.6 is 0 Å². The fourth-order valence-electron chi connectivity index (χ4n) is 2.16. The molecule has 0 amide bonds. The van der Waals surface area contributed by atoms with Crippen molar-refractivity contribution in [3.63, 3.8) is 0 Å². The molecule has 0 bridgehead atoms. The van der Waals surface area contributed by atoms with Gasteiger partial charge in [0.15, 0.2) is 0 Å². The van der Waals surface area contributed by atoms with Crippen molar-refractivity contribution in [2.75, 3.05) is 20.1 Å². The number of pyridine rings is 1. The monoisotopic (exact) mass is 237 g/mol. The van der Waals surface area contributed by atoms with Crippen LogP contribution in [-0.4, -0.2) is 34.5 Å². The Labute approximate surface area is 98.6 Å². The third-order valence-electron chi connectivity index (χ3n) is 3.21. The van der Waals surface area contributed by atoms with Gasteiger partial charge >= 0.3 is 0 Å². The van der Waals surface area contributed by atoms with Crippen LogP contribution in [0.1, 0.15) is 18.9 Å². The molecule has 1 saturated heterocycles. The lowest BCUT2D eigenvalue weighted by molar-refractivity contribution is -0.385. The summed E-state index contributed by atoms with van der Waals surface area (Å²) in [4.78, 5) is 24.1. The van der Waals surface area contributed by atoms with Gasteiger partial charge in [-0.2, -0.15) is 0 Å². The average molecular weight is 237 g/mol. The summed E-state index contributed by atoms with van der Waals surface area (Å²) >= 11 is 0. The summed E-state index contributed by atoms with van der Waals surface area (Å²) in [5.74, 6) is 0. The van der Waals surface area contributed by atoms with E-state index in [-0.39, 0.29) is 17.3 Å². The van der Waals surface area contributed by atoms with E-state index in [0.29, 0.717) is 0 Å². The topological polar surface area (TPSA) is 68.4 Å². The highest BCUT2D eigenvalue weighted by Crippen LogP contribution is 2.21. The lowest BCUT2D eigenvalue weighted by Gasteiger charge is -2.29. The molecule has 92 valence electrons. The highest BCUT2D eigenvalue weighted by Gasteiger charge is 2.20. The van der Waals surface area contributed by atoms with E-state index >= 15 is 0 Å². The fourth-order valence-corrected chi connectivity index (χ4v) is 2.16. The van der Waals surface area contributed by atoms with Gasteiger partial charge in [0.25, 0.3) is 11.2 Å². The van der Waals surface area contributed by atoms with Gasteiger partial charge in [0.05, 0.1) is 11.1 Å². The van der Waals surface area contributed by atoms with Crippen molar-refractivity contribution in [1.29, 1.82) is 0 Å². The SMILES string of the molecule is CN1CCC(n2cc([N+](=O)[O-])ccc2=O)CC1. The third kappa shape index (κ3) is 2.52. The van der Waals surface area contributed by atoms with Crippen LogP contribution in [0.15, 0.2) is 23.1 Å². The summed E-state index contributed by atoms with van der Waals surface area (Å²) in [7, 11) is 2.03. The molecule has 0 unspecified atom stereocenters. The first-order valence-corrected chi connectivity index (χ1v) is 5.63. The van der Waals surface area contributed by atoms with Crippen molar-refractivity contribution in [2.45, 2.75) is 18.9 Å². The smallest absolute Gasteiger partial charge is 0.285 e. The standard InChI is InChI=1S/C11H15N3O3/c1-12-6-4-9(5-7-12)13-8-10(14(16)17)2-3-11(13)15/h2-3,8-9H,4-7H2,1H3. The summed E-state index contributed by atoms with van der Waals surface area (Å²) in [5.41, 5.74) is -0.186. The first-order chi connectivity index (χ1) is 8.08. The number of aromatic nitrogens is 1. The van der Waals surface area contributed by atoms with Crippen LogP contribution in [0, 0.1) is 10.1 Å². The highest BCUT2D eigenvalue weighted by molar-refractivity contribution is 5.25. The predicted molar refractivity (Wildman–Crippen MR) is 63.1 cm³/mol. The largest absolute Gasteiger partial charge is 0.306 e. The zero-order valence-electron chi connectivity index (χ0n) is 9.70. The van der Waals surface area contributed by atoms with Gasteiger partial charge in [-0.25, -0.2) is 0 Å². The molecule has 1 aliphatic heterocycles. The van der Waals surface area contributed by atoms with Crippen LogP contribution in [0.3, 0.4) is 0 Å². The average Bonchev–Trinajstić information content (AvgIpc) is 2.31. The van der Waals surface area contributed by atoms with E-state index in [0.717, 1.165) is 25.9 Å². The Balaban J connectivity index is 2.28.